The van der Waals surface area contributed by atoms with E-state index in [0.717, 1.165) is 34.8 Å². The number of aromatic amines is 1. The molecular formula is C12H12BrN3O. The molecule has 1 unspecified atom stereocenters. The van der Waals surface area contributed by atoms with Gasteiger partial charge in [0.15, 0.2) is 0 Å². The first-order valence-corrected chi connectivity index (χ1v) is 6.25. The number of benzene rings is 1. The maximum absolute atomic E-state index is 6.17. The van der Waals surface area contributed by atoms with E-state index >= 15 is 0 Å². The van der Waals surface area contributed by atoms with Gasteiger partial charge in [0.25, 0.3) is 0 Å². The molecule has 0 saturated heterocycles. The van der Waals surface area contributed by atoms with Crippen molar-refractivity contribution in [3.8, 4) is 5.75 Å². The number of nitrogens with zero attached hydrogens (tertiary/aromatic N) is 1. The normalized spacial score (nSPS) is 15.4. The van der Waals surface area contributed by atoms with Crippen LogP contribution in [0.3, 0.4) is 0 Å². The number of halogens is 1. The minimum Gasteiger partial charge on any atom is -0.493 e. The van der Waals surface area contributed by atoms with Crippen molar-refractivity contribution in [2.45, 2.75) is 12.5 Å². The summed E-state index contributed by atoms with van der Waals surface area (Å²) in [6.45, 7) is 0.764. The minimum absolute atomic E-state index is 0.229. The summed E-state index contributed by atoms with van der Waals surface area (Å²) in [5, 5.41) is 0. The first-order valence-electron chi connectivity index (χ1n) is 5.45. The highest BCUT2D eigenvalue weighted by Crippen LogP contribution is 2.29. The zero-order chi connectivity index (χ0) is 11.8. The standard InChI is InChI=1S/C12H12BrN3O/c13-10-6-15-12(16-10)11(14)8-1-2-9-7(5-8)3-4-17-9/h1-2,5-6,11H,3-4,14H2,(H,15,16). The Morgan fingerprint density at radius 3 is 3.12 bits per heavy atom. The average molecular weight is 294 g/mol. The number of H-pyrrole nitrogens is 1. The molecule has 0 saturated carbocycles. The van der Waals surface area contributed by atoms with Crippen molar-refractivity contribution in [1.82, 2.24) is 9.97 Å². The third-order valence-corrected chi connectivity index (χ3v) is 3.33. The number of rotatable bonds is 2. The van der Waals surface area contributed by atoms with E-state index in [1.807, 2.05) is 12.1 Å². The highest BCUT2D eigenvalue weighted by Gasteiger charge is 2.17. The molecule has 88 valence electrons. The second-order valence-electron chi connectivity index (χ2n) is 4.06. The molecule has 0 bridgehead atoms. The van der Waals surface area contributed by atoms with E-state index < -0.39 is 0 Å². The SMILES string of the molecule is NC(c1ccc2c(c1)CCO2)c1ncc(Br)[nH]1. The van der Waals surface area contributed by atoms with Crippen LogP contribution in [0.4, 0.5) is 0 Å². The molecule has 1 aromatic carbocycles. The molecule has 2 aromatic rings. The summed E-state index contributed by atoms with van der Waals surface area (Å²) in [7, 11) is 0. The highest BCUT2D eigenvalue weighted by atomic mass is 79.9. The summed E-state index contributed by atoms with van der Waals surface area (Å²) in [5.74, 6) is 1.73. The number of nitrogens with one attached hydrogen (secondary N) is 1. The fraction of sp³-hybridized carbons (Fsp3) is 0.250. The van der Waals surface area contributed by atoms with Crippen molar-refractivity contribution in [2.75, 3.05) is 6.61 Å². The van der Waals surface area contributed by atoms with Gasteiger partial charge in [-0.1, -0.05) is 6.07 Å². The van der Waals surface area contributed by atoms with Crippen LogP contribution in [0.25, 0.3) is 0 Å². The van der Waals surface area contributed by atoms with Crippen LogP contribution in [-0.4, -0.2) is 16.6 Å². The lowest BCUT2D eigenvalue weighted by molar-refractivity contribution is 0.357. The average Bonchev–Trinajstić information content (AvgIpc) is 2.95. The molecule has 3 N–H and O–H groups in total. The van der Waals surface area contributed by atoms with Crippen LogP contribution in [0.15, 0.2) is 29.0 Å². The number of imidazole rings is 1. The fourth-order valence-corrected chi connectivity index (χ4v) is 2.33. The van der Waals surface area contributed by atoms with Crippen LogP contribution in [0.2, 0.25) is 0 Å². The molecule has 5 heteroatoms. The first kappa shape index (κ1) is 10.8. The van der Waals surface area contributed by atoms with Crippen LogP contribution in [0.1, 0.15) is 23.0 Å². The van der Waals surface area contributed by atoms with Crippen LogP contribution >= 0.6 is 15.9 Å². The third kappa shape index (κ3) is 1.96. The monoisotopic (exact) mass is 293 g/mol. The lowest BCUT2D eigenvalue weighted by Crippen LogP contribution is -2.13. The number of hydrogen-bond acceptors (Lipinski definition) is 3. The Morgan fingerprint density at radius 2 is 2.35 bits per heavy atom. The second-order valence-corrected chi connectivity index (χ2v) is 4.91. The molecule has 0 fully saturated rings. The topological polar surface area (TPSA) is 63.9 Å². The van der Waals surface area contributed by atoms with Crippen molar-refractivity contribution in [3.05, 3.63) is 46.0 Å². The molecule has 0 aliphatic carbocycles. The molecule has 1 aromatic heterocycles. The predicted octanol–water partition coefficient (Wildman–Crippen LogP) is 2.16. The molecule has 1 atom stereocenters. The smallest absolute Gasteiger partial charge is 0.128 e. The molecule has 0 amide bonds. The largest absolute Gasteiger partial charge is 0.493 e. The summed E-state index contributed by atoms with van der Waals surface area (Å²) in [6.07, 6.45) is 2.67. The molecular weight excluding hydrogens is 282 g/mol. The second kappa shape index (κ2) is 4.16. The van der Waals surface area contributed by atoms with E-state index in [-0.39, 0.29) is 6.04 Å². The number of ether oxygens (including phenoxy) is 1. The van der Waals surface area contributed by atoms with Crippen molar-refractivity contribution in [2.24, 2.45) is 5.73 Å². The molecule has 0 spiro atoms. The Balaban J connectivity index is 1.94. The van der Waals surface area contributed by atoms with E-state index in [9.17, 15) is 0 Å². The summed E-state index contributed by atoms with van der Waals surface area (Å²) >= 11 is 3.33. The summed E-state index contributed by atoms with van der Waals surface area (Å²) in [6, 6.07) is 5.84. The molecule has 2 heterocycles. The Morgan fingerprint density at radius 1 is 1.47 bits per heavy atom. The van der Waals surface area contributed by atoms with Gasteiger partial charge < -0.3 is 15.5 Å². The van der Waals surface area contributed by atoms with Gasteiger partial charge in [0.2, 0.25) is 0 Å². The quantitative estimate of drug-likeness (QED) is 0.892. The Labute approximate surface area is 107 Å². The summed E-state index contributed by atoms with van der Waals surface area (Å²) in [5.41, 5.74) is 8.45. The fourth-order valence-electron chi connectivity index (χ4n) is 2.03. The molecule has 4 nitrogen and oxygen atoms in total. The van der Waals surface area contributed by atoms with Gasteiger partial charge >= 0.3 is 0 Å². The number of nitrogens with two attached hydrogens (primary N) is 1. The van der Waals surface area contributed by atoms with Crippen LogP contribution in [0, 0.1) is 0 Å². The van der Waals surface area contributed by atoms with Crippen LogP contribution in [0.5, 0.6) is 5.75 Å². The maximum atomic E-state index is 6.17. The van der Waals surface area contributed by atoms with Crippen LogP contribution < -0.4 is 10.5 Å². The molecule has 0 radical (unpaired) electrons. The van der Waals surface area contributed by atoms with Crippen LogP contribution in [-0.2, 0) is 6.42 Å². The van der Waals surface area contributed by atoms with Gasteiger partial charge in [0.1, 0.15) is 16.2 Å². The van der Waals surface area contributed by atoms with Crippen molar-refractivity contribution in [3.63, 3.8) is 0 Å². The van der Waals surface area contributed by atoms with E-state index in [1.165, 1.54) is 5.56 Å². The van der Waals surface area contributed by atoms with Crippen molar-refractivity contribution >= 4 is 15.9 Å². The van der Waals surface area contributed by atoms with E-state index in [1.54, 1.807) is 6.20 Å². The zero-order valence-electron chi connectivity index (χ0n) is 9.11. The van der Waals surface area contributed by atoms with E-state index in [4.69, 9.17) is 10.5 Å². The molecule has 3 rings (SSSR count). The molecule has 1 aliphatic heterocycles. The van der Waals surface area contributed by atoms with Crippen molar-refractivity contribution in [1.29, 1.82) is 0 Å². The highest BCUT2D eigenvalue weighted by molar-refractivity contribution is 9.10. The van der Waals surface area contributed by atoms with Gasteiger partial charge in [-0.3, -0.25) is 0 Å². The van der Waals surface area contributed by atoms with Crippen molar-refractivity contribution < 1.29 is 4.74 Å². The molecule has 1 aliphatic rings. The summed E-state index contributed by atoms with van der Waals surface area (Å²) in [4.78, 5) is 7.32. The number of hydrogen-bond donors (Lipinski definition) is 2. The zero-order valence-corrected chi connectivity index (χ0v) is 10.7. The lowest BCUT2D eigenvalue weighted by atomic mass is 10.0. The summed E-state index contributed by atoms with van der Waals surface area (Å²) < 4.78 is 6.31. The Kier molecular flexibility index (Phi) is 2.64. The van der Waals surface area contributed by atoms with Gasteiger partial charge in [-0.25, -0.2) is 4.98 Å². The third-order valence-electron chi connectivity index (χ3n) is 2.93. The Bertz CT molecular complexity index is 552. The van der Waals surface area contributed by atoms with Gasteiger partial charge in [-0.2, -0.15) is 0 Å². The van der Waals surface area contributed by atoms with Gasteiger partial charge in [0, 0.05) is 6.42 Å². The number of aromatic nitrogens is 2. The Hall–Kier alpha value is -1.33. The minimum atomic E-state index is -0.229. The molecule has 17 heavy (non-hydrogen) atoms. The predicted molar refractivity (Wildman–Crippen MR) is 68.0 cm³/mol. The van der Waals surface area contributed by atoms with E-state index in [0.29, 0.717) is 0 Å². The van der Waals surface area contributed by atoms with Gasteiger partial charge in [-0.05, 0) is 39.2 Å². The number of fused-ring (bicyclic) bond motifs is 1. The van der Waals surface area contributed by atoms with E-state index in [2.05, 4.69) is 32.0 Å². The van der Waals surface area contributed by atoms with Gasteiger partial charge in [0.05, 0.1) is 18.8 Å². The lowest BCUT2D eigenvalue weighted by Gasteiger charge is -2.10. The maximum Gasteiger partial charge on any atom is 0.128 e. The van der Waals surface area contributed by atoms with Gasteiger partial charge in [-0.15, -0.1) is 0 Å². The first-order chi connectivity index (χ1) is 8.24.